The maximum atomic E-state index is 12.5. The van der Waals surface area contributed by atoms with Crippen molar-refractivity contribution in [3.8, 4) is 11.5 Å². The van der Waals surface area contributed by atoms with E-state index in [4.69, 9.17) is 14.2 Å². The predicted octanol–water partition coefficient (Wildman–Crippen LogP) is 3.07. The van der Waals surface area contributed by atoms with Crippen LogP contribution in [0.1, 0.15) is 22.9 Å². The number of rotatable bonds is 3. The number of H-pyrrole nitrogens is 1. The van der Waals surface area contributed by atoms with Gasteiger partial charge in [0.15, 0.2) is 17.5 Å². The van der Waals surface area contributed by atoms with Crippen molar-refractivity contribution in [3.63, 3.8) is 0 Å². The first-order valence-corrected chi connectivity index (χ1v) is 8.89. The fourth-order valence-corrected chi connectivity index (χ4v) is 4.11. The van der Waals surface area contributed by atoms with Gasteiger partial charge in [0.1, 0.15) is 6.04 Å². The quantitative estimate of drug-likeness (QED) is 0.555. The smallest absolute Gasteiger partial charge is 0.330 e. The van der Waals surface area contributed by atoms with Gasteiger partial charge in [-0.3, -0.25) is 0 Å². The third-order valence-electron chi connectivity index (χ3n) is 5.38. The molecule has 0 amide bonds. The second-order valence-corrected chi connectivity index (χ2v) is 6.78. The highest BCUT2D eigenvalue weighted by Crippen LogP contribution is 2.43. The third-order valence-corrected chi connectivity index (χ3v) is 5.38. The van der Waals surface area contributed by atoms with E-state index in [0.29, 0.717) is 17.9 Å². The van der Waals surface area contributed by atoms with Crippen LogP contribution in [0.15, 0.2) is 47.8 Å². The second-order valence-electron chi connectivity index (χ2n) is 6.78. The molecule has 8 nitrogen and oxygen atoms in total. The first kappa shape index (κ1) is 16.6. The first-order chi connectivity index (χ1) is 13.7. The number of aromatic amines is 1. The number of para-hydroxylation sites is 1. The van der Waals surface area contributed by atoms with Gasteiger partial charge in [0, 0.05) is 23.0 Å². The highest BCUT2D eigenvalue weighted by atomic mass is 16.7. The topological polar surface area (TPSA) is 93.2 Å². The molecule has 1 aromatic heterocycles. The van der Waals surface area contributed by atoms with Gasteiger partial charge in [-0.2, -0.15) is 0 Å². The summed E-state index contributed by atoms with van der Waals surface area (Å²) in [4.78, 5) is 27.7. The number of carbonyl (C=O) groups excluding carboxylic acids is 1. The fourth-order valence-electron chi connectivity index (χ4n) is 4.11. The Kier molecular flexibility index (Phi) is 3.71. The minimum atomic E-state index is -0.815. The number of nitroso groups, excluding NO2 is 1. The van der Waals surface area contributed by atoms with Crippen LogP contribution >= 0.6 is 0 Å². The molecule has 142 valence electrons. The van der Waals surface area contributed by atoms with Gasteiger partial charge in [-0.25, -0.2) is 9.80 Å². The van der Waals surface area contributed by atoms with Gasteiger partial charge in [0.25, 0.3) is 0 Å². The van der Waals surface area contributed by atoms with E-state index in [9.17, 15) is 9.70 Å². The molecule has 3 aromatic rings. The molecule has 0 saturated carbocycles. The number of methoxy groups -OCH3 is 1. The monoisotopic (exact) mass is 379 g/mol. The summed E-state index contributed by atoms with van der Waals surface area (Å²) in [6.07, 6.45) is 0.332. The van der Waals surface area contributed by atoms with Gasteiger partial charge in [0.05, 0.1) is 12.4 Å². The zero-order valence-electron chi connectivity index (χ0n) is 15.0. The Morgan fingerprint density at radius 3 is 2.86 bits per heavy atom. The maximum Gasteiger partial charge on any atom is 0.330 e. The summed E-state index contributed by atoms with van der Waals surface area (Å²) < 4.78 is 15.8. The number of ether oxygens (including phenoxy) is 3. The molecule has 2 aromatic carbocycles. The van der Waals surface area contributed by atoms with E-state index in [2.05, 4.69) is 10.3 Å². The minimum absolute atomic E-state index is 0.154. The number of nitrogens with one attached hydrogen (secondary N) is 1. The summed E-state index contributed by atoms with van der Waals surface area (Å²) in [5.74, 6) is 0.744. The number of hydrogen-bond donors (Lipinski definition) is 1. The van der Waals surface area contributed by atoms with Crippen LogP contribution < -0.4 is 9.47 Å². The number of carbonyl (C=O) groups is 1. The summed E-state index contributed by atoms with van der Waals surface area (Å²) in [6.45, 7) is 0.154. The highest BCUT2D eigenvalue weighted by Gasteiger charge is 2.42. The summed E-state index contributed by atoms with van der Waals surface area (Å²) in [5, 5.41) is 5.49. The van der Waals surface area contributed by atoms with Crippen molar-refractivity contribution in [1.29, 1.82) is 0 Å². The lowest BCUT2D eigenvalue weighted by Crippen LogP contribution is -2.46. The zero-order valence-corrected chi connectivity index (χ0v) is 15.0. The Labute approximate surface area is 159 Å². The Morgan fingerprint density at radius 2 is 2.04 bits per heavy atom. The Hall–Kier alpha value is -3.55. The Bertz CT molecular complexity index is 1090. The lowest BCUT2D eigenvalue weighted by molar-refractivity contribution is -0.148. The van der Waals surface area contributed by atoms with Crippen molar-refractivity contribution in [1.82, 2.24) is 9.99 Å². The fraction of sp³-hybridized carbons (Fsp3) is 0.250. The number of nitrogens with zero attached hydrogens (tertiary/aromatic N) is 2. The molecular formula is C20H17N3O5. The molecule has 5 rings (SSSR count). The number of hydrogen-bond acceptors (Lipinski definition) is 6. The molecule has 0 spiro atoms. The van der Waals surface area contributed by atoms with E-state index < -0.39 is 18.1 Å². The van der Waals surface area contributed by atoms with Crippen molar-refractivity contribution >= 4 is 16.9 Å². The molecule has 0 unspecified atom stereocenters. The summed E-state index contributed by atoms with van der Waals surface area (Å²) in [6, 6.07) is 11.9. The molecule has 28 heavy (non-hydrogen) atoms. The van der Waals surface area contributed by atoms with E-state index in [1.54, 1.807) is 6.07 Å². The SMILES string of the molecule is COC(=O)[C@H]1Cc2c([nH]c3ccccc23)[C@@H](c2ccc3c(c2)OCO3)N1N=O. The van der Waals surface area contributed by atoms with Crippen molar-refractivity contribution in [3.05, 3.63) is 64.2 Å². The maximum absolute atomic E-state index is 12.5. The average Bonchev–Trinajstić information content (AvgIpc) is 3.35. The largest absolute Gasteiger partial charge is 0.467 e. The molecule has 0 aliphatic carbocycles. The highest BCUT2D eigenvalue weighted by molar-refractivity contribution is 5.87. The van der Waals surface area contributed by atoms with Gasteiger partial charge in [-0.1, -0.05) is 24.3 Å². The Morgan fingerprint density at radius 1 is 1.21 bits per heavy atom. The van der Waals surface area contributed by atoms with Crippen LogP contribution in [-0.2, 0) is 16.0 Å². The molecule has 2 aliphatic rings. The molecule has 0 saturated heterocycles. The van der Waals surface area contributed by atoms with Gasteiger partial charge >= 0.3 is 5.97 Å². The van der Waals surface area contributed by atoms with E-state index in [1.807, 2.05) is 36.4 Å². The predicted molar refractivity (Wildman–Crippen MR) is 99.8 cm³/mol. The number of esters is 1. The molecular weight excluding hydrogens is 362 g/mol. The van der Waals surface area contributed by atoms with Crippen LogP contribution in [0.5, 0.6) is 11.5 Å². The third kappa shape index (κ3) is 2.34. The lowest BCUT2D eigenvalue weighted by Gasteiger charge is -2.36. The molecule has 2 aliphatic heterocycles. The van der Waals surface area contributed by atoms with E-state index >= 15 is 0 Å². The number of benzene rings is 2. The van der Waals surface area contributed by atoms with Gasteiger partial charge in [-0.05, 0) is 29.3 Å². The van der Waals surface area contributed by atoms with Gasteiger partial charge in [0.2, 0.25) is 6.79 Å². The van der Waals surface area contributed by atoms with E-state index in [0.717, 1.165) is 27.7 Å². The van der Waals surface area contributed by atoms with Crippen molar-refractivity contribution < 1.29 is 19.0 Å². The molecule has 0 radical (unpaired) electrons. The molecule has 0 bridgehead atoms. The van der Waals surface area contributed by atoms with Crippen LogP contribution in [0.2, 0.25) is 0 Å². The lowest BCUT2D eigenvalue weighted by atomic mass is 9.89. The first-order valence-electron chi connectivity index (χ1n) is 8.89. The molecule has 2 atom stereocenters. The van der Waals surface area contributed by atoms with Crippen LogP contribution in [0.4, 0.5) is 0 Å². The van der Waals surface area contributed by atoms with Crippen molar-refractivity contribution in [2.75, 3.05) is 13.9 Å². The van der Waals surface area contributed by atoms with Crippen molar-refractivity contribution in [2.45, 2.75) is 18.5 Å². The van der Waals surface area contributed by atoms with Crippen LogP contribution in [0.25, 0.3) is 10.9 Å². The number of aromatic nitrogens is 1. The molecule has 1 N–H and O–H groups in total. The molecule has 3 heterocycles. The minimum Gasteiger partial charge on any atom is -0.467 e. The Balaban J connectivity index is 1.73. The van der Waals surface area contributed by atoms with Crippen LogP contribution in [0, 0.1) is 4.91 Å². The number of fused-ring (bicyclic) bond motifs is 4. The summed E-state index contributed by atoms with van der Waals surface area (Å²) in [5.41, 5.74) is 3.52. The second kappa shape index (κ2) is 6.26. The molecule has 0 fully saturated rings. The van der Waals surface area contributed by atoms with Gasteiger partial charge in [-0.15, -0.1) is 4.91 Å². The van der Waals surface area contributed by atoms with E-state index in [-0.39, 0.29) is 6.79 Å². The normalized spacial score (nSPS) is 20.1. The average molecular weight is 379 g/mol. The van der Waals surface area contributed by atoms with Crippen LogP contribution in [0.3, 0.4) is 0 Å². The standard InChI is InChI=1S/C20H17N3O5/c1-26-20(24)15-9-13-12-4-2-3-5-14(12)21-18(13)19(23(15)22-25)11-6-7-16-17(8-11)28-10-27-16/h2-8,15,19,21H,9-10H2,1H3/t15-,19-/m1/s1. The molecule has 8 heteroatoms. The summed E-state index contributed by atoms with van der Waals surface area (Å²) >= 11 is 0. The van der Waals surface area contributed by atoms with Crippen LogP contribution in [-0.4, -0.2) is 35.9 Å². The summed E-state index contributed by atoms with van der Waals surface area (Å²) in [7, 11) is 1.31. The van der Waals surface area contributed by atoms with E-state index in [1.165, 1.54) is 12.1 Å². The van der Waals surface area contributed by atoms with Gasteiger partial charge < -0.3 is 19.2 Å². The van der Waals surface area contributed by atoms with Crippen molar-refractivity contribution in [2.24, 2.45) is 5.29 Å². The zero-order chi connectivity index (χ0) is 19.3.